The van der Waals surface area contributed by atoms with Crippen molar-refractivity contribution in [2.75, 3.05) is 0 Å². The molecule has 0 bridgehead atoms. The van der Waals surface area contributed by atoms with Crippen LogP contribution in [0.1, 0.15) is 22.5 Å². The lowest BCUT2D eigenvalue weighted by molar-refractivity contribution is 0.373. The lowest BCUT2D eigenvalue weighted by Gasteiger charge is -2.05. The first-order valence-corrected chi connectivity index (χ1v) is 5.42. The molecule has 1 heterocycles. The van der Waals surface area contributed by atoms with Crippen molar-refractivity contribution >= 4 is 0 Å². The van der Waals surface area contributed by atoms with Crippen molar-refractivity contribution in [3.63, 3.8) is 0 Å². The largest absolute Gasteiger partial charge is 0.360 e. The molecule has 0 radical (unpaired) electrons. The van der Waals surface area contributed by atoms with Crippen molar-refractivity contribution in [1.82, 2.24) is 10.5 Å². The van der Waals surface area contributed by atoms with E-state index in [1.54, 1.807) is 6.20 Å². The van der Waals surface area contributed by atoms with Gasteiger partial charge in [-0.25, -0.2) is 0 Å². The molecular weight excluding hydrogens is 200 g/mol. The predicted molar refractivity (Wildman–Crippen MR) is 63.0 cm³/mol. The fourth-order valence-corrected chi connectivity index (χ4v) is 1.58. The maximum atomic E-state index is 5.00. The molecule has 0 aliphatic rings. The second kappa shape index (κ2) is 4.94. The smallest absolute Gasteiger partial charge is 0.150 e. The van der Waals surface area contributed by atoms with Gasteiger partial charge in [-0.2, -0.15) is 0 Å². The molecule has 0 spiro atoms. The maximum absolute atomic E-state index is 5.00. The van der Waals surface area contributed by atoms with Gasteiger partial charge in [-0.3, -0.25) is 0 Å². The highest BCUT2D eigenvalue weighted by Gasteiger charge is 1.98. The van der Waals surface area contributed by atoms with Gasteiger partial charge in [0.2, 0.25) is 0 Å². The number of rotatable bonds is 4. The normalized spacial score (nSPS) is 10.6. The third kappa shape index (κ3) is 2.70. The second-order valence-corrected chi connectivity index (χ2v) is 4.00. The molecule has 3 heteroatoms. The SMILES string of the molecule is Cc1ccc(CNCc2ccno2)cc1C. The van der Waals surface area contributed by atoms with Crippen LogP contribution in [0.3, 0.4) is 0 Å². The van der Waals surface area contributed by atoms with Crippen LogP contribution in [-0.4, -0.2) is 5.16 Å². The molecule has 0 aliphatic heterocycles. The van der Waals surface area contributed by atoms with Gasteiger partial charge in [0.25, 0.3) is 0 Å². The van der Waals surface area contributed by atoms with Gasteiger partial charge in [0.05, 0.1) is 12.7 Å². The third-order valence-corrected chi connectivity index (χ3v) is 2.69. The second-order valence-electron chi connectivity index (χ2n) is 4.00. The molecule has 0 unspecified atom stereocenters. The van der Waals surface area contributed by atoms with Gasteiger partial charge >= 0.3 is 0 Å². The van der Waals surface area contributed by atoms with Crippen LogP contribution in [0, 0.1) is 13.8 Å². The monoisotopic (exact) mass is 216 g/mol. The van der Waals surface area contributed by atoms with Crippen molar-refractivity contribution in [2.45, 2.75) is 26.9 Å². The Hall–Kier alpha value is -1.61. The number of benzene rings is 1. The first-order chi connectivity index (χ1) is 7.75. The molecule has 0 aliphatic carbocycles. The summed E-state index contributed by atoms with van der Waals surface area (Å²) in [4.78, 5) is 0. The summed E-state index contributed by atoms with van der Waals surface area (Å²) in [5.74, 6) is 0.865. The van der Waals surface area contributed by atoms with E-state index in [1.165, 1.54) is 16.7 Å². The van der Waals surface area contributed by atoms with Gasteiger partial charge in [0.1, 0.15) is 5.76 Å². The van der Waals surface area contributed by atoms with Crippen LogP contribution >= 0.6 is 0 Å². The molecule has 1 aromatic carbocycles. The van der Waals surface area contributed by atoms with Gasteiger partial charge in [0.15, 0.2) is 0 Å². The highest BCUT2D eigenvalue weighted by molar-refractivity contribution is 5.29. The average Bonchev–Trinajstić information content (AvgIpc) is 2.76. The standard InChI is InChI=1S/C13H16N2O/c1-10-3-4-12(7-11(10)2)8-14-9-13-5-6-15-16-13/h3-7,14H,8-9H2,1-2H3. The Labute approximate surface area is 95.5 Å². The fraction of sp³-hybridized carbons (Fsp3) is 0.308. The Morgan fingerprint density at radius 3 is 2.69 bits per heavy atom. The number of hydrogen-bond donors (Lipinski definition) is 1. The Balaban J connectivity index is 1.87. The van der Waals surface area contributed by atoms with Gasteiger partial charge in [-0.05, 0) is 30.5 Å². The number of nitrogens with zero attached hydrogens (tertiary/aromatic N) is 1. The summed E-state index contributed by atoms with van der Waals surface area (Å²) < 4.78 is 5.00. The summed E-state index contributed by atoms with van der Waals surface area (Å²) in [7, 11) is 0. The number of aryl methyl sites for hydroxylation is 2. The number of aromatic nitrogens is 1. The van der Waals surface area contributed by atoms with Crippen LogP contribution in [0.2, 0.25) is 0 Å². The van der Waals surface area contributed by atoms with Crippen molar-refractivity contribution in [1.29, 1.82) is 0 Å². The summed E-state index contributed by atoms with van der Waals surface area (Å²) in [5, 5.41) is 6.98. The number of nitrogens with one attached hydrogen (secondary N) is 1. The van der Waals surface area contributed by atoms with E-state index in [1.807, 2.05) is 6.07 Å². The molecule has 0 atom stereocenters. The van der Waals surface area contributed by atoms with E-state index in [4.69, 9.17) is 4.52 Å². The fourth-order valence-electron chi connectivity index (χ4n) is 1.58. The van der Waals surface area contributed by atoms with Gasteiger partial charge in [0, 0.05) is 12.6 Å². The summed E-state index contributed by atoms with van der Waals surface area (Å²) >= 11 is 0. The van der Waals surface area contributed by atoms with E-state index in [0.717, 1.165) is 12.3 Å². The molecule has 1 aromatic heterocycles. The molecule has 0 fully saturated rings. The van der Waals surface area contributed by atoms with Crippen molar-refractivity contribution in [2.24, 2.45) is 0 Å². The Kier molecular flexibility index (Phi) is 3.37. The molecule has 1 N–H and O–H groups in total. The molecule has 3 nitrogen and oxygen atoms in total. The summed E-state index contributed by atoms with van der Waals surface area (Å²) in [6.07, 6.45) is 1.66. The lowest BCUT2D eigenvalue weighted by atomic mass is 10.1. The molecular formula is C13H16N2O. The number of hydrogen-bond acceptors (Lipinski definition) is 3. The van der Waals surface area contributed by atoms with Crippen LogP contribution < -0.4 is 5.32 Å². The minimum Gasteiger partial charge on any atom is -0.360 e. The van der Waals surface area contributed by atoms with Crippen LogP contribution in [0.25, 0.3) is 0 Å². The zero-order valence-corrected chi connectivity index (χ0v) is 9.66. The Bertz CT molecular complexity index is 449. The third-order valence-electron chi connectivity index (χ3n) is 2.69. The van der Waals surface area contributed by atoms with E-state index in [9.17, 15) is 0 Å². The van der Waals surface area contributed by atoms with Crippen LogP contribution in [0.4, 0.5) is 0 Å². The topological polar surface area (TPSA) is 38.1 Å². The summed E-state index contributed by atoms with van der Waals surface area (Å²) in [5.41, 5.74) is 3.96. The minimum atomic E-state index is 0.715. The van der Waals surface area contributed by atoms with Gasteiger partial charge in [-0.15, -0.1) is 0 Å². The maximum Gasteiger partial charge on any atom is 0.150 e. The molecule has 2 rings (SSSR count). The van der Waals surface area contributed by atoms with E-state index < -0.39 is 0 Å². The average molecular weight is 216 g/mol. The Morgan fingerprint density at radius 1 is 1.12 bits per heavy atom. The summed E-state index contributed by atoms with van der Waals surface area (Å²) in [6.45, 7) is 5.82. The van der Waals surface area contributed by atoms with Crippen molar-refractivity contribution < 1.29 is 4.52 Å². The highest BCUT2D eigenvalue weighted by atomic mass is 16.5. The molecule has 84 valence electrons. The van der Waals surface area contributed by atoms with Crippen molar-refractivity contribution in [3.05, 3.63) is 52.9 Å². The first-order valence-electron chi connectivity index (χ1n) is 5.42. The van der Waals surface area contributed by atoms with E-state index in [0.29, 0.717) is 6.54 Å². The predicted octanol–water partition coefficient (Wildman–Crippen LogP) is 2.58. The van der Waals surface area contributed by atoms with Gasteiger partial charge < -0.3 is 9.84 Å². The lowest BCUT2D eigenvalue weighted by Crippen LogP contribution is -2.12. The molecule has 0 saturated carbocycles. The van der Waals surface area contributed by atoms with E-state index in [-0.39, 0.29) is 0 Å². The highest BCUT2D eigenvalue weighted by Crippen LogP contribution is 2.09. The molecule has 16 heavy (non-hydrogen) atoms. The molecule has 0 amide bonds. The zero-order valence-electron chi connectivity index (χ0n) is 9.66. The zero-order chi connectivity index (χ0) is 11.4. The first kappa shape index (κ1) is 10.9. The van der Waals surface area contributed by atoms with Crippen LogP contribution in [-0.2, 0) is 13.1 Å². The Morgan fingerprint density at radius 2 is 2.00 bits per heavy atom. The quantitative estimate of drug-likeness (QED) is 0.853. The van der Waals surface area contributed by atoms with E-state index >= 15 is 0 Å². The summed E-state index contributed by atoms with van der Waals surface area (Å²) in [6, 6.07) is 8.38. The van der Waals surface area contributed by atoms with Crippen LogP contribution in [0.5, 0.6) is 0 Å². The van der Waals surface area contributed by atoms with Crippen LogP contribution in [0.15, 0.2) is 35.0 Å². The van der Waals surface area contributed by atoms with Gasteiger partial charge in [-0.1, -0.05) is 23.4 Å². The van der Waals surface area contributed by atoms with E-state index in [2.05, 4.69) is 42.5 Å². The molecule has 0 saturated heterocycles. The molecule has 2 aromatic rings. The van der Waals surface area contributed by atoms with Crippen molar-refractivity contribution in [3.8, 4) is 0 Å². The minimum absolute atomic E-state index is 0.715.